The van der Waals surface area contributed by atoms with Gasteiger partial charge in [0.05, 0.1) is 22.7 Å². The van der Waals surface area contributed by atoms with Crippen molar-refractivity contribution in [3.8, 4) is 0 Å². The third-order valence-electron chi connectivity index (χ3n) is 4.51. The summed E-state index contributed by atoms with van der Waals surface area (Å²) in [6.45, 7) is 4.16. The number of hydrogen-bond acceptors (Lipinski definition) is 5. The van der Waals surface area contributed by atoms with Crippen molar-refractivity contribution >= 4 is 29.0 Å². The molecule has 2 heterocycles. The quantitative estimate of drug-likeness (QED) is 0.419. The number of piperazine rings is 1. The Morgan fingerprint density at radius 2 is 1.92 bits per heavy atom. The molecule has 9 heteroatoms. The normalized spacial score (nSPS) is 14.2. The third-order valence-corrected chi connectivity index (χ3v) is 4.51. The van der Waals surface area contributed by atoms with E-state index in [-0.39, 0.29) is 34.9 Å². The van der Waals surface area contributed by atoms with Gasteiger partial charge in [-0.2, -0.15) is 0 Å². The number of carboxylic acids is 1. The van der Waals surface area contributed by atoms with Crippen LogP contribution < -0.4 is 45.0 Å². The Balaban J connectivity index is 0.00000243. The van der Waals surface area contributed by atoms with E-state index in [2.05, 4.69) is 0 Å². The van der Waals surface area contributed by atoms with Gasteiger partial charge in [-0.1, -0.05) is 0 Å². The molecule has 0 radical (unpaired) electrons. The summed E-state index contributed by atoms with van der Waals surface area (Å²) in [6.07, 6.45) is 2.00. The largest absolute Gasteiger partial charge is 1.00 e. The number of anilines is 1. The minimum Gasteiger partial charge on any atom is -0.545 e. The molecule has 1 aromatic carbocycles. The first-order valence-corrected chi connectivity index (χ1v) is 7.98. The molecule has 1 aliphatic rings. The second kappa shape index (κ2) is 8.20. The molecule has 0 saturated carbocycles. The molecular formula is C17H17FN3NaO4. The molecule has 7 nitrogen and oxygen atoms in total. The van der Waals surface area contributed by atoms with Gasteiger partial charge in [0.2, 0.25) is 6.41 Å². The summed E-state index contributed by atoms with van der Waals surface area (Å²) in [5.74, 6) is -2.18. The molecule has 0 bridgehead atoms. The van der Waals surface area contributed by atoms with Crippen LogP contribution in [0.25, 0.3) is 10.9 Å². The van der Waals surface area contributed by atoms with Crippen molar-refractivity contribution in [2.45, 2.75) is 13.5 Å². The molecule has 26 heavy (non-hydrogen) atoms. The van der Waals surface area contributed by atoms with E-state index < -0.39 is 22.8 Å². The number of aromatic carboxylic acids is 1. The molecule has 3 rings (SSSR count). The van der Waals surface area contributed by atoms with Crippen molar-refractivity contribution in [3.63, 3.8) is 0 Å². The molecule has 1 fully saturated rings. The van der Waals surface area contributed by atoms with Gasteiger partial charge >= 0.3 is 29.6 Å². The van der Waals surface area contributed by atoms with Crippen molar-refractivity contribution in [2.24, 2.45) is 0 Å². The van der Waals surface area contributed by atoms with Gasteiger partial charge in [-0.05, 0) is 19.1 Å². The predicted molar refractivity (Wildman–Crippen MR) is 88.0 cm³/mol. The average molecular weight is 369 g/mol. The van der Waals surface area contributed by atoms with Gasteiger partial charge < -0.3 is 24.3 Å². The number of pyridine rings is 1. The second-order valence-electron chi connectivity index (χ2n) is 5.89. The van der Waals surface area contributed by atoms with E-state index in [1.165, 1.54) is 6.20 Å². The molecule has 0 aliphatic carbocycles. The number of amides is 1. The summed E-state index contributed by atoms with van der Waals surface area (Å²) in [5.41, 5.74) is -0.440. The van der Waals surface area contributed by atoms with Crippen LogP contribution in [0.15, 0.2) is 23.1 Å². The topological polar surface area (TPSA) is 85.7 Å². The van der Waals surface area contributed by atoms with Gasteiger partial charge in [0.15, 0.2) is 5.43 Å². The van der Waals surface area contributed by atoms with Crippen LogP contribution in [0.1, 0.15) is 17.3 Å². The fraction of sp³-hybridized carbons (Fsp3) is 0.353. The number of hydrogen-bond donors (Lipinski definition) is 0. The van der Waals surface area contributed by atoms with Crippen molar-refractivity contribution in [1.82, 2.24) is 9.47 Å². The van der Waals surface area contributed by atoms with E-state index in [4.69, 9.17) is 0 Å². The van der Waals surface area contributed by atoms with Crippen LogP contribution in [0.4, 0.5) is 10.1 Å². The Labute approximate surface area is 171 Å². The van der Waals surface area contributed by atoms with Gasteiger partial charge in [-0.25, -0.2) is 4.39 Å². The number of aromatic nitrogens is 1. The molecular weight excluding hydrogens is 352 g/mol. The van der Waals surface area contributed by atoms with E-state index in [0.29, 0.717) is 43.9 Å². The zero-order valence-electron chi connectivity index (χ0n) is 14.7. The second-order valence-corrected chi connectivity index (χ2v) is 5.89. The maximum atomic E-state index is 14.6. The van der Waals surface area contributed by atoms with Crippen LogP contribution in [-0.4, -0.2) is 48.0 Å². The number of carbonyl (C=O) groups is 2. The Kier molecular flexibility index (Phi) is 6.44. The van der Waals surface area contributed by atoms with Gasteiger partial charge in [0.1, 0.15) is 5.82 Å². The zero-order valence-corrected chi connectivity index (χ0v) is 16.7. The SMILES string of the molecule is CCn1cc(C(=O)[O-])c(=O)c2cc(F)c(N3CCN(C=O)CC3)cc21.[Na+]. The van der Waals surface area contributed by atoms with Gasteiger partial charge in [-0.3, -0.25) is 9.59 Å². The number of benzene rings is 1. The van der Waals surface area contributed by atoms with E-state index in [9.17, 15) is 23.9 Å². The van der Waals surface area contributed by atoms with Crippen LogP contribution in [-0.2, 0) is 11.3 Å². The molecule has 0 atom stereocenters. The molecule has 1 aliphatic heterocycles. The van der Waals surface area contributed by atoms with Gasteiger partial charge in [0.25, 0.3) is 0 Å². The number of halogens is 1. The zero-order chi connectivity index (χ0) is 18.1. The first-order valence-electron chi connectivity index (χ1n) is 7.98. The summed E-state index contributed by atoms with van der Waals surface area (Å²) in [4.78, 5) is 37.7. The van der Waals surface area contributed by atoms with E-state index in [1.54, 1.807) is 22.5 Å². The molecule has 0 spiro atoms. The Morgan fingerprint density at radius 3 is 2.46 bits per heavy atom. The van der Waals surface area contributed by atoms with Crippen LogP contribution >= 0.6 is 0 Å². The summed E-state index contributed by atoms with van der Waals surface area (Å²) >= 11 is 0. The molecule has 1 aromatic heterocycles. The summed E-state index contributed by atoms with van der Waals surface area (Å²) in [5, 5.41) is 11.1. The molecule has 1 amide bonds. The summed E-state index contributed by atoms with van der Waals surface area (Å²) < 4.78 is 16.2. The maximum absolute atomic E-state index is 14.6. The van der Waals surface area contributed by atoms with Crippen molar-refractivity contribution in [3.05, 3.63) is 39.9 Å². The van der Waals surface area contributed by atoms with Crippen molar-refractivity contribution in [2.75, 3.05) is 31.1 Å². The van der Waals surface area contributed by atoms with Gasteiger partial charge in [-0.15, -0.1) is 0 Å². The summed E-state index contributed by atoms with van der Waals surface area (Å²) in [7, 11) is 0. The number of carboxylic acid groups (broad SMARTS) is 1. The third kappa shape index (κ3) is 3.62. The van der Waals surface area contributed by atoms with Crippen LogP contribution in [0.5, 0.6) is 0 Å². The van der Waals surface area contributed by atoms with Crippen LogP contribution in [0.3, 0.4) is 0 Å². The maximum Gasteiger partial charge on any atom is 1.00 e. The first kappa shape index (κ1) is 20.4. The number of aryl methyl sites for hydroxylation is 1. The smallest absolute Gasteiger partial charge is 0.545 e. The molecule has 1 saturated heterocycles. The van der Waals surface area contributed by atoms with Crippen LogP contribution in [0, 0.1) is 5.82 Å². The molecule has 0 N–H and O–H groups in total. The number of nitrogens with zero attached hydrogens (tertiary/aromatic N) is 3. The fourth-order valence-corrected chi connectivity index (χ4v) is 3.12. The minimum atomic E-state index is -1.58. The number of fused-ring (bicyclic) bond motifs is 1. The first-order chi connectivity index (χ1) is 12.0. The average Bonchev–Trinajstić information content (AvgIpc) is 2.62. The van der Waals surface area contributed by atoms with Crippen molar-refractivity contribution in [1.29, 1.82) is 0 Å². The van der Waals surface area contributed by atoms with E-state index >= 15 is 0 Å². The van der Waals surface area contributed by atoms with E-state index in [0.717, 1.165) is 12.5 Å². The standard InChI is InChI=1S/C17H18FN3O4.Na/c1-2-20-9-12(17(24)25)16(23)11-7-13(18)15(8-14(11)20)21-5-3-19(10-22)4-6-21;/h7-10H,2-6H2,1H3,(H,24,25);/q;+1/p-1. The Bertz CT molecular complexity index is 907. The van der Waals surface area contributed by atoms with Crippen LogP contribution in [0.2, 0.25) is 0 Å². The Hall–Kier alpha value is -1.90. The monoisotopic (exact) mass is 369 g/mol. The molecule has 132 valence electrons. The predicted octanol–water partition coefficient (Wildman–Crippen LogP) is -3.19. The Morgan fingerprint density at radius 1 is 1.27 bits per heavy atom. The van der Waals surface area contributed by atoms with Gasteiger partial charge in [0, 0.05) is 44.3 Å². The van der Waals surface area contributed by atoms with E-state index in [1.807, 2.05) is 4.90 Å². The minimum absolute atomic E-state index is 0. The van der Waals surface area contributed by atoms with Crippen molar-refractivity contribution < 1.29 is 48.6 Å². The number of rotatable bonds is 4. The molecule has 0 unspecified atom stereocenters. The summed E-state index contributed by atoms with van der Waals surface area (Å²) in [6, 6.07) is 2.64. The molecule has 2 aromatic rings. The fourth-order valence-electron chi connectivity index (χ4n) is 3.12. The number of carbonyl (C=O) groups excluding carboxylic acids is 2.